The molecule has 0 radical (unpaired) electrons. The third-order valence-corrected chi connectivity index (χ3v) is 7.25. The van der Waals surface area contributed by atoms with Crippen molar-refractivity contribution in [2.45, 2.75) is 49.8 Å². The van der Waals surface area contributed by atoms with E-state index in [0.717, 1.165) is 15.4 Å². The van der Waals surface area contributed by atoms with E-state index < -0.39 is 10.0 Å². The molecular formula is C23H27N3O3S. The van der Waals surface area contributed by atoms with Gasteiger partial charge in [-0.25, -0.2) is 0 Å². The quantitative estimate of drug-likeness (QED) is 0.612. The molecule has 2 N–H and O–H groups in total. The van der Waals surface area contributed by atoms with Gasteiger partial charge in [0.05, 0.1) is 17.7 Å². The van der Waals surface area contributed by atoms with Crippen molar-refractivity contribution in [3.05, 3.63) is 60.3 Å². The fraction of sp³-hybridized carbons (Fsp3) is 0.348. The molecule has 0 spiro atoms. The van der Waals surface area contributed by atoms with Gasteiger partial charge in [0.15, 0.2) is 5.82 Å². The molecule has 0 bridgehead atoms. The van der Waals surface area contributed by atoms with Crippen molar-refractivity contribution in [1.82, 2.24) is 9.19 Å². The zero-order chi connectivity index (χ0) is 21.1. The van der Waals surface area contributed by atoms with Crippen LogP contribution < -0.4 is 10.5 Å². The maximum Gasteiger partial charge on any atom is 0.283 e. The first-order valence-electron chi connectivity index (χ1n) is 10.4. The van der Waals surface area contributed by atoms with E-state index in [0.29, 0.717) is 18.1 Å². The highest BCUT2D eigenvalue weighted by Gasteiger charge is 2.22. The molecule has 1 heterocycles. The van der Waals surface area contributed by atoms with Gasteiger partial charge < -0.3 is 10.5 Å². The molecule has 2 aromatic carbocycles. The van der Waals surface area contributed by atoms with Gasteiger partial charge in [-0.15, -0.1) is 5.10 Å². The summed E-state index contributed by atoms with van der Waals surface area (Å²) in [7, 11) is -3.81. The Bertz CT molecular complexity index is 1100. The van der Waals surface area contributed by atoms with Gasteiger partial charge in [0, 0.05) is 5.56 Å². The van der Waals surface area contributed by atoms with Crippen LogP contribution in [0, 0.1) is 0 Å². The van der Waals surface area contributed by atoms with E-state index in [1.165, 1.54) is 43.9 Å². The lowest BCUT2D eigenvalue weighted by Gasteiger charge is -2.22. The molecule has 1 fully saturated rings. The molecule has 0 aliphatic heterocycles. The van der Waals surface area contributed by atoms with E-state index in [1.807, 2.05) is 43.3 Å². The molecule has 1 saturated carbocycles. The predicted molar refractivity (Wildman–Crippen MR) is 118 cm³/mol. The van der Waals surface area contributed by atoms with Crippen molar-refractivity contribution >= 4 is 15.8 Å². The fourth-order valence-corrected chi connectivity index (χ4v) is 5.20. The normalized spacial score (nSPS) is 15.2. The Morgan fingerprint density at radius 2 is 1.70 bits per heavy atom. The van der Waals surface area contributed by atoms with Crippen molar-refractivity contribution in [3.8, 4) is 16.9 Å². The maximum atomic E-state index is 13.1. The number of hydrogen-bond donors (Lipinski definition) is 1. The summed E-state index contributed by atoms with van der Waals surface area (Å²) in [6, 6.07) is 14.6. The Labute approximate surface area is 177 Å². The standard InChI is InChI=1S/C23H27N3O3S/c1-2-29-20-12-8-19(9-13-20)22-16-26(25-23(22)24)30(27,28)21-14-10-18(11-15-21)17-6-4-3-5-7-17/h8-17H,2-7H2,1H3,(H2,24,25). The summed E-state index contributed by atoms with van der Waals surface area (Å²) in [5.74, 6) is 1.45. The third-order valence-electron chi connectivity index (χ3n) is 5.70. The van der Waals surface area contributed by atoms with Crippen LogP contribution in [0.15, 0.2) is 59.6 Å². The monoisotopic (exact) mass is 425 g/mol. The smallest absolute Gasteiger partial charge is 0.283 e. The minimum absolute atomic E-state index is 0.168. The summed E-state index contributed by atoms with van der Waals surface area (Å²) in [5, 5.41) is 4.08. The first kappa shape index (κ1) is 20.5. The maximum absolute atomic E-state index is 13.1. The number of rotatable bonds is 6. The van der Waals surface area contributed by atoms with E-state index in [9.17, 15) is 8.42 Å². The number of benzene rings is 2. The minimum Gasteiger partial charge on any atom is -0.494 e. The lowest BCUT2D eigenvalue weighted by molar-refractivity contribution is 0.340. The second-order valence-electron chi connectivity index (χ2n) is 7.67. The summed E-state index contributed by atoms with van der Waals surface area (Å²) < 4.78 is 32.6. The van der Waals surface area contributed by atoms with Crippen molar-refractivity contribution in [2.75, 3.05) is 12.3 Å². The molecular weight excluding hydrogens is 398 g/mol. The van der Waals surface area contributed by atoms with Gasteiger partial charge in [0.2, 0.25) is 0 Å². The Hall–Kier alpha value is -2.80. The number of ether oxygens (including phenoxy) is 1. The Kier molecular flexibility index (Phi) is 5.81. The van der Waals surface area contributed by atoms with Gasteiger partial charge in [-0.05, 0) is 61.1 Å². The van der Waals surface area contributed by atoms with Crippen molar-refractivity contribution in [1.29, 1.82) is 0 Å². The third kappa shape index (κ3) is 4.07. The molecule has 30 heavy (non-hydrogen) atoms. The van der Waals surface area contributed by atoms with E-state index in [4.69, 9.17) is 10.5 Å². The first-order chi connectivity index (χ1) is 14.5. The molecule has 3 aromatic rings. The minimum atomic E-state index is -3.81. The van der Waals surface area contributed by atoms with Crippen LogP contribution in [0.3, 0.4) is 0 Å². The first-order valence-corrected chi connectivity index (χ1v) is 11.9. The van der Waals surface area contributed by atoms with Crippen molar-refractivity contribution in [3.63, 3.8) is 0 Å². The van der Waals surface area contributed by atoms with Crippen LogP contribution in [0.5, 0.6) is 5.75 Å². The number of nitrogen functional groups attached to an aromatic ring is 1. The van der Waals surface area contributed by atoms with Crippen molar-refractivity contribution in [2.24, 2.45) is 0 Å². The number of hydrogen-bond acceptors (Lipinski definition) is 5. The average Bonchev–Trinajstić information content (AvgIpc) is 3.18. The van der Waals surface area contributed by atoms with Gasteiger partial charge in [-0.3, -0.25) is 0 Å². The Morgan fingerprint density at radius 3 is 2.33 bits per heavy atom. The molecule has 0 unspecified atom stereocenters. The molecule has 0 amide bonds. The van der Waals surface area contributed by atoms with E-state index in [-0.39, 0.29) is 10.7 Å². The molecule has 1 aromatic heterocycles. The van der Waals surface area contributed by atoms with E-state index in [1.54, 1.807) is 12.1 Å². The molecule has 0 saturated heterocycles. The van der Waals surface area contributed by atoms with E-state index in [2.05, 4.69) is 5.10 Å². The SMILES string of the molecule is CCOc1ccc(-c2cn(S(=O)(=O)c3ccc(C4CCCCC4)cc3)nc2N)cc1. The summed E-state index contributed by atoms with van der Waals surface area (Å²) in [5.41, 5.74) is 8.60. The molecule has 0 atom stereocenters. The van der Waals surface area contributed by atoms with Gasteiger partial charge in [-0.2, -0.15) is 12.5 Å². The molecule has 158 valence electrons. The lowest BCUT2D eigenvalue weighted by Crippen LogP contribution is -2.14. The second-order valence-corrected chi connectivity index (χ2v) is 9.46. The van der Waals surface area contributed by atoms with Crippen LogP contribution in [0.1, 0.15) is 50.5 Å². The number of nitrogens with two attached hydrogens (primary N) is 1. The highest BCUT2D eigenvalue weighted by molar-refractivity contribution is 7.89. The lowest BCUT2D eigenvalue weighted by atomic mass is 9.84. The number of anilines is 1. The van der Waals surface area contributed by atoms with Crippen molar-refractivity contribution < 1.29 is 13.2 Å². The topological polar surface area (TPSA) is 87.2 Å². The zero-order valence-electron chi connectivity index (χ0n) is 17.1. The molecule has 6 nitrogen and oxygen atoms in total. The largest absolute Gasteiger partial charge is 0.494 e. The summed E-state index contributed by atoms with van der Waals surface area (Å²) in [4.78, 5) is 0.211. The summed E-state index contributed by atoms with van der Waals surface area (Å²) >= 11 is 0. The fourth-order valence-electron chi connectivity index (χ4n) is 4.06. The number of aromatic nitrogens is 2. The van der Waals surface area contributed by atoms with Crippen LogP contribution in [-0.2, 0) is 10.0 Å². The molecule has 1 aliphatic carbocycles. The average molecular weight is 426 g/mol. The molecule has 7 heteroatoms. The highest BCUT2D eigenvalue weighted by atomic mass is 32.2. The summed E-state index contributed by atoms with van der Waals surface area (Å²) in [6.07, 6.45) is 7.59. The van der Waals surface area contributed by atoms with Crippen LogP contribution in [0.2, 0.25) is 0 Å². The molecule has 4 rings (SSSR count). The van der Waals surface area contributed by atoms with Crippen LogP contribution in [-0.4, -0.2) is 24.2 Å². The highest BCUT2D eigenvalue weighted by Crippen LogP contribution is 2.33. The van der Waals surface area contributed by atoms with E-state index >= 15 is 0 Å². The Morgan fingerprint density at radius 1 is 1.03 bits per heavy atom. The van der Waals surface area contributed by atoms with Gasteiger partial charge in [-0.1, -0.05) is 43.5 Å². The zero-order valence-corrected chi connectivity index (χ0v) is 17.9. The Balaban J connectivity index is 1.59. The van der Waals surface area contributed by atoms with Gasteiger partial charge in [0.1, 0.15) is 5.75 Å². The predicted octanol–water partition coefficient (Wildman–Crippen LogP) is 4.82. The number of nitrogens with zero attached hydrogens (tertiary/aromatic N) is 2. The summed E-state index contributed by atoms with van der Waals surface area (Å²) in [6.45, 7) is 2.50. The van der Waals surface area contributed by atoms with Crippen LogP contribution in [0.25, 0.3) is 11.1 Å². The van der Waals surface area contributed by atoms with Gasteiger partial charge in [0.25, 0.3) is 10.0 Å². The molecule has 1 aliphatic rings. The second kappa shape index (κ2) is 8.52. The van der Waals surface area contributed by atoms with Crippen LogP contribution in [0.4, 0.5) is 5.82 Å². The van der Waals surface area contributed by atoms with Gasteiger partial charge >= 0.3 is 0 Å². The van der Waals surface area contributed by atoms with Crippen LogP contribution >= 0.6 is 0 Å².